The fraction of sp³-hybridized carbons (Fsp3) is 0.345. The van der Waals surface area contributed by atoms with E-state index >= 15 is 0 Å². The molecule has 0 bridgehead atoms. The molecule has 0 radical (unpaired) electrons. The van der Waals surface area contributed by atoms with Gasteiger partial charge in [0.05, 0.1) is 0 Å². The molecule has 1 aliphatic rings. The van der Waals surface area contributed by atoms with Gasteiger partial charge in [0.2, 0.25) is 0 Å². The number of nitrogens with one attached hydrogen (secondary N) is 2. The zero-order chi connectivity index (χ0) is 26.0. The number of fused-ring (bicyclic) bond motifs is 1. The Morgan fingerprint density at radius 3 is 2.51 bits per heavy atom. The third-order valence-electron chi connectivity index (χ3n) is 6.81. The van der Waals surface area contributed by atoms with E-state index in [-0.39, 0.29) is 11.4 Å². The predicted octanol–water partition coefficient (Wildman–Crippen LogP) is 5.75. The minimum atomic E-state index is -0.378. The second-order valence-corrected chi connectivity index (χ2v) is 10.8. The van der Waals surface area contributed by atoms with Gasteiger partial charge in [-0.3, -0.25) is 15.2 Å². The number of hydrogen-bond acceptors (Lipinski definition) is 6. The quantitative estimate of drug-likeness (QED) is 0.323. The number of pyridine rings is 1. The molecule has 0 unspecified atom stereocenters. The second kappa shape index (κ2) is 10.3. The Kier molecular flexibility index (Phi) is 6.95. The lowest BCUT2D eigenvalue weighted by Crippen LogP contribution is -2.39. The molecule has 4 aromatic rings. The summed E-state index contributed by atoms with van der Waals surface area (Å²) in [7, 11) is 0. The number of anilines is 2. The van der Waals surface area contributed by atoms with Crippen molar-refractivity contribution in [3.8, 4) is 11.1 Å². The molecule has 2 amide bonds. The number of carbonyl (C=O) groups excluding carboxylic acids is 1. The van der Waals surface area contributed by atoms with Gasteiger partial charge < -0.3 is 15.6 Å². The Labute approximate surface area is 217 Å². The molecule has 0 spiro atoms. The van der Waals surface area contributed by atoms with Crippen LogP contribution in [0.5, 0.6) is 0 Å². The van der Waals surface area contributed by atoms with Gasteiger partial charge in [-0.15, -0.1) is 0 Å². The van der Waals surface area contributed by atoms with E-state index in [4.69, 9.17) is 10.3 Å². The van der Waals surface area contributed by atoms with E-state index in [2.05, 4.69) is 43.9 Å². The maximum atomic E-state index is 12.5. The maximum absolute atomic E-state index is 12.5. The monoisotopic (exact) mass is 498 g/mol. The molecule has 8 nitrogen and oxygen atoms in total. The Morgan fingerprint density at radius 1 is 1.05 bits per heavy atom. The molecule has 0 atom stereocenters. The molecule has 1 saturated heterocycles. The summed E-state index contributed by atoms with van der Waals surface area (Å²) in [6, 6.07) is 16.1. The largest absolute Gasteiger partial charge is 0.359 e. The highest BCUT2D eigenvalue weighted by Gasteiger charge is 2.20. The van der Waals surface area contributed by atoms with E-state index in [0.717, 1.165) is 49.0 Å². The summed E-state index contributed by atoms with van der Waals surface area (Å²) in [6.07, 6.45) is 5.91. The Morgan fingerprint density at radius 2 is 1.81 bits per heavy atom. The van der Waals surface area contributed by atoms with Crippen LogP contribution in [-0.2, 0) is 12.0 Å². The molecule has 192 valence electrons. The van der Waals surface area contributed by atoms with Crippen LogP contribution in [-0.4, -0.2) is 40.2 Å². The first-order valence-corrected chi connectivity index (χ1v) is 12.7. The summed E-state index contributed by atoms with van der Waals surface area (Å²) in [5.41, 5.74) is 9.95. The summed E-state index contributed by atoms with van der Waals surface area (Å²) < 4.78 is 5.33. The van der Waals surface area contributed by atoms with Crippen LogP contribution in [0.1, 0.15) is 44.9 Å². The van der Waals surface area contributed by atoms with Crippen LogP contribution in [0.4, 0.5) is 16.3 Å². The van der Waals surface area contributed by atoms with E-state index in [1.807, 2.05) is 57.4 Å². The summed E-state index contributed by atoms with van der Waals surface area (Å²) >= 11 is 0. The number of piperidine rings is 1. The van der Waals surface area contributed by atoms with E-state index in [0.29, 0.717) is 23.3 Å². The van der Waals surface area contributed by atoms with Gasteiger partial charge >= 0.3 is 6.03 Å². The standard InChI is InChI=1S/C29H34N6O2/c1-29(2,3)26-15-27(34-37-26)33-28(36)32-23-8-6-20(7-9-23)25-17-31-16-21-5-4-19(14-24(21)25)18-35-12-10-22(30)11-13-35/h4-9,14-17,22H,10-13,18,30H2,1-3H3,(H2,32,33,34,36). The third kappa shape index (κ3) is 5.98. The van der Waals surface area contributed by atoms with Gasteiger partial charge in [-0.2, -0.15) is 0 Å². The van der Waals surface area contributed by atoms with Gasteiger partial charge in [0.25, 0.3) is 0 Å². The Hall–Kier alpha value is -3.75. The van der Waals surface area contributed by atoms with Crippen molar-refractivity contribution >= 4 is 28.3 Å². The van der Waals surface area contributed by atoms with Crippen LogP contribution in [0.3, 0.4) is 0 Å². The minimum absolute atomic E-state index is 0.182. The number of carbonyl (C=O) groups is 1. The lowest BCUT2D eigenvalue weighted by molar-refractivity contribution is 0.206. The minimum Gasteiger partial charge on any atom is -0.359 e. The van der Waals surface area contributed by atoms with Crippen molar-refractivity contribution in [2.24, 2.45) is 5.73 Å². The number of hydrogen-bond donors (Lipinski definition) is 3. The van der Waals surface area contributed by atoms with Crippen LogP contribution in [0.2, 0.25) is 0 Å². The van der Waals surface area contributed by atoms with Crippen molar-refractivity contribution in [2.75, 3.05) is 23.7 Å². The molecule has 0 saturated carbocycles. The fourth-order valence-electron chi connectivity index (χ4n) is 4.61. The van der Waals surface area contributed by atoms with Gasteiger partial charge in [-0.05, 0) is 60.6 Å². The molecule has 37 heavy (non-hydrogen) atoms. The highest BCUT2D eigenvalue weighted by molar-refractivity contribution is 6.00. The van der Waals surface area contributed by atoms with Crippen LogP contribution in [0.15, 0.2) is 65.4 Å². The number of rotatable bonds is 5. The molecule has 5 rings (SSSR count). The van der Waals surface area contributed by atoms with Gasteiger partial charge in [0.15, 0.2) is 5.82 Å². The maximum Gasteiger partial charge on any atom is 0.324 e. The van der Waals surface area contributed by atoms with Crippen LogP contribution in [0.25, 0.3) is 21.9 Å². The van der Waals surface area contributed by atoms with E-state index in [1.165, 1.54) is 10.9 Å². The highest BCUT2D eigenvalue weighted by atomic mass is 16.5. The first-order valence-electron chi connectivity index (χ1n) is 12.7. The molecule has 1 fully saturated rings. The first-order chi connectivity index (χ1) is 17.7. The normalized spacial score (nSPS) is 15.1. The number of nitrogens with two attached hydrogens (primary N) is 1. The molecular formula is C29H34N6O2. The molecule has 8 heteroatoms. The number of nitrogens with zero attached hydrogens (tertiary/aromatic N) is 3. The number of benzene rings is 2. The van der Waals surface area contributed by atoms with Crippen molar-refractivity contribution in [3.63, 3.8) is 0 Å². The average Bonchev–Trinajstić information content (AvgIpc) is 3.35. The molecule has 4 N–H and O–H groups in total. The Bertz CT molecular complexity index is 1380. The second-order valence-electron chi connectivity index (χ2n) is 10.8. The number of amides is 2. The number of likely N-dealkylation sites (tertiary alicyclic amines) is 1. The molecule has 3 heterocycles. The average molecular weight is 499 g/mol. The van der Waals surface area contributed by atoms with Crippen LogP contribution in [0, 0.1) is 0 Å². The lowest BCUT2D eigenvalue weighted by Gasteiger charge is -2.30. The predicted molar refractivity (Wildman–Crippen MR) is 148 cm³/mol. The summed E-state index contributed by atoms with van der Waals surface area (Å²) in [5, 5.41) is 11.8. The van der Waals surface area contributed by atoms with Crippen LogP contribution < -0.4 is 16.4 Å². The lowest BCUT2D eigenvalue weighted by atomic mass is 9.93. The number of aromatic nitrogens is 2. The van der Waals surface area contributed by atoms with Crippen molar-refractivity contribution in [1.29, 1.82) is 0 Å². The van der Waals surface area contributed by atoms with Crippen molar-refractivity contribution in [1.82, 2.24) is 15.0 Å². The topological polar surface area (TPSA) is 109 Å². The molecule has 2 aromatic heterocycles. The summed E-state index contributed by atoms with van der Waals surface area (Å²) in [6.45, 7) is 9.07. The molecule has 2 aromatic carbocycles. The Balaban J connectivity index is 1.28. The third-order valence-corrected chi connectivity index (χ3v) is 6.81. The smallest absolute Gasteiger partial charge is 0.324 e. The summed E-state index contributed by atoms with van der Waals surface area (Å²) in [4.78, 5) is 19.4. The van der Waals surface area contributed by atoms with Crippen molar-refractivity contribution in [3.05, 3.63) is 72.2 Å². The highest BCUT2D eigenvalue weighted by Crippen LogP contribution is 2.30. The van der Waals surface area contributed by atoms with E-state index in [1.54, 1.807) is 6.07 Å². The van der Waals surface area contributed by atoms with Crippen molar-refractivity contribution < 1.29 is 9.32 Å². The first kappa shape index (κ1) is 24.9. The van der Waals surface area contributed by atoms with Gasteiger partial charge in [-0.1, -0.05) is 50.2 Å². The SMILES string of the molecule is CC(C)(C)c1cc(NC(=O)Nc2ccc(-c3cncc4ccc(CN5CCC(N)CC5)cc34)cc2)no1. The van der Waals surface area contributed by atoms with Crippen molar-refractivity contribution in [2.45, 2.75) is 51.6 Å². The number of urea groups is 1. The van der Waals surface area contributed by atoms with Gasteiger partial charge in [0, 0.05) is 53.1 Å². The molecular weight excluding hydrogens is 464 g/mol. The molecule has 1 aliphatic heterocycles. The molecule has 0 aliphatic carbocycles. The van der Waals surface area contributed by atoms with E-state index in [9.17, 15) is 4.79 Å². The zero-order valence-electron chi connectivity index (χ0n) is 21.6. The van der Waals surface area contributed by atoms with Gasteiger partial charge in [-0.25, -0.2) is 4.79 Å². The fourth-order valence-corrected chi connectivity index (χ4v) is 4.61. The van der Waals surface area contributed by atoms with E-state index < -0.39 is 0 Å². The zero-order valence-corrected chi connectivity index (χ0v) is 21.6. The van der Waals surface area contributed by atoms with Crippen LogP contribution >= 0.6 is 0 Å². The summed E-state index contributed by atoms with van der Waals surface area (Å²) in [5.74, 6) is 1.09. The van der Waals surface area contributed by atoms with Gasteiger partial charge in [0.1, 0.15) is 5.76 Å².